The van der Waals surface area contributed by atoms with Gasteiger partial charge in [0.05, 0.1) is 0 Å². The number of aryl methyl sites for hydroxylation is 1. The number of nitrogens with one attached hydrogen (secondary N) is 1. The molecule has 0 bridgehead atoms. The van der Waals surface area contributed by atoms with Crippen molar-refractivity contribution in [1.82, 2.24) is 23.9 Å². The molecular weight excluding hydrogens is 312 g/mol. The Hall–Kier alpha value is -1.91. The number of hydrogen-bond acceptors (Lipinski definition) is 6. The average Bonchev–Trinajstić information content (AvgIpc) is 3.05. The molecule has 3 aromatic rings. The van der Waals surface area contributed by atoms with Crippen LogP contribution in [0.4, 0.5) is 5.82 Å². The molecule has 0 amide bonds. The van der Waals surface area contributed by atoms with Gasteiger partial charge in [-0.1, -0.05) is 0 Å². The van der Waals surface area contributed by atoms with Gasteiger partial charge in [0.25, 0.3) is 10.0 Å². The van der Waals surface area contributed by atoms with Gasteiger partial charge in [-0.25, -0.2) is 18.1 Å². The van der Waals surface area contributed by atoms with Crippen molar-refractivity contribution < 1.29 is 8.42 Å². The zero-order chi connectivity index (χ0) is 15.0. The van der Waals surface area contributed by atoms with Crippen LogP contribution in [0.3, 0.4) is 0 Å². The molecule has 0 fully saturated rings. The van der Waals surface area contributed by atoms with Crippen LogP contribution in [0.1, 0.15) is 5.69 Å². The summed E-state index contributed by atoms with van der Waals surface area (Å²) in [4.78, 5) is 4.59. The molecule has 0 unspecified atom stereocenters. The predicted octanol–water partition coefficient (Wildman–Crippen LogP) is 0.232. The minimum Gasteiger partial charge on any atom is -0.381 e. The van der Waals surface area contributed by atoms with E-state index in [1.165, 1.54) is 15.7 Å². The average molecular weight is 326 g/mol. The van der Waals surface area contributed by atoms with Gasteiger partial charge in [0.2, 0.25) is 0 Å². The fraction of sp³-hybridized carbons (Fsp3) is 0.273. The number of hydrogen-bond donors (Lipinski definition) is 2. The van der Waals surface area contributed by atoms with Gasteiger partial charge >= 0.3 is 0 Å². The molecule has 0 spiro atoms. The molecule has 21 heavy (non-hydrogen) atoms. The van der Waals surface area contributed by atoms with E-state index in [9.17, 15) is 8.42 Å². The number of thiazole rings is 1. The SMILES string of the molecule is Cn1nccc1CCNS(=O)(=O)c1c(N)nc2sccn12. The van der Waals surface area contributed by atoms with Crippen LogP contribution in [0, 0.1) is 0 Å². The number of nitrogens with two attached hydrogens (primary N) is 1. The van der Waals surface area contributed by atoms with Crippen LogP contribution in [-0.2, 0) is 23.5 Å². The van der Waals surface area contributed by atoms with Gasteiger partial charge in [0, 0.05) is 43.5 Å². The molecule has 3 heterocycles. The Bertz CT molecular complexity index is 876. The largest absolute Gasteiger partial charge is 0.381 e. The second-order valence-corrected chi connectivity index (χ2v) is 7.01. The van der Waals surface area contributed by atoms with Crippen LogP contribution in [0.2, 0.25) is 0 Å². The van der Waals surface area contributed by atoms with Crippen molar-refractivity contribution in [3.05, 3.63) is 29.5 Å². The highest BCUT2D eigenvalue weighted by atomic mass is 32.2. The maximum atomic E-state index is 12.4. The van der Waals surface area contributed by atoms with Crippen molar-refractivity contribution in [2.75, 3.05) is 12.3 Å². The minimum atomic E-state index is -3.71. The number of rotatable bonds is 5. The summed E-state index contributed by atoms with van der Waals surface area (Å²) < 4.78 is 30.5. The van der Waals surface area contributed by atoms with Gasteiger partial charge in [0.1, 0.15) is 0 Å². The number of anilines is 1. The molecule has 0 saturated heterocycles. The number of nitrogen functional groups attached to an aromatic ring is 1. The highest BCUT2D eigenvalue weighted by molar-refractivity contribution is 7.89. The molecule has 0 aliphatic carbocycles. The summed E-state index contributed by atoms with van der Waals surface area (Å²) in [6, 6.07) is 1.85. The van der Waals surface area contributed by atoms with E-state index in [1.54, 1.807) is 22.5 Å². The molecule has 3 rings (SSSR count). The van der Waals surface area contributed by atoms with Crippen LogP contribution >= 0.6 is 11.3 Å². The van der Waals surface area contributed by atoms with Crippen LogP contribution in [0.5, 0.6) is 0 Å². The van der Waals surface area contributed by atoms with Crippen molar-refractivity contribution in [3.63, 3.8) is 0 Å². The number of fused-ring (bicyclic) bond motifs is 1. The van der Waals surface area contributed by atoms with Crippen LogP contribution in [0.25, 0.3) is 4.96 Å². The Balaban J connectivity index is 1.79. The quantitative estimate of drug-likeness (QED) is 0.698. The number of nitrogens with zero attached hydrogens (tertiary/aromatic N) is 4. The standard InChI is InChI=1S/C11H14N6O2S2/c1-16-8(2-4-13-16)3-5-14-21(18,19)10-9(12)15-11-17(10)6-7-20-11/h2,4,6-7,14H,3,5,12H2,1H3. The van der Waals surface area contributed by atoms with Crippen LogP contribution in [0.15, 0.2) is 28.9 Å². The summed E-state index contributed by atoms with van der Waals surface area (Å²) in [5.74, 6) is 0.00915. The summed E-state index contributed by atoms with van der Waals surface area (Å²) in [5.41, 5.74) is 6.66. The molecule has 0 saturated carbocycles. The Morgan fingerprint density at radius 3 is 3.00 bits per heavy atom. The van der Waals surface area contributed by atoms with Crippen molar-refractivity contribution in [2.24, 2.45) is 7.05 Å². The lowest BCUT2D eigenvalue weighted by atomic mass is 10.3. The Morgan fingerprint density at radius 1 is 1.48 bits per heavy atom. The van der Waals surface area contributed by atoms with Crippen molar-refractivity contribution >= 4 is 32.1 Å². The first-order valence-electron chi connectivity index (χ1n) is 6.16. The Kier molecular flexibility index (Phi) is 3.43. The lowest BCUT2D eigenvalue weighted by molar-refractivity contribution is 0.575. The van der Waals surface area contributed by atoms with Crippen molar-refractivity contribution in [1.29, 1.82) is 0 Å². The predicted molar refractivity (Wildman–Crippen MR) is 79.6 cm³/mol. The summed E-state index contributed by atoms with van der Waals surface area (Å²) in [6.45, 7) is 0.263. The molecule has 0 aliphatic heterocycles. The van der Waals surface area contributed by atoms with E-state index in [0.29, 0.717) is 11.4 Å². The second-order valence-electron chi connectivity index (χ2n) is 4.45. The fourth-order valence-corrected chi connectivity index (χ4v) is 4.09. The molecule has 0 aliphatic rings. The van der Waals surface area contributed by atoms with Crippen LogP contribution < -0.4 is 10.5 Å². The summed E-state index contributed by atoms with van der Waals surface area (Å²) >= 11 is 1.33. The van der Waals surface area contributed by atoms with Gasteiger partial charge in [-0.05, 0) is 6.07 Å². The first kappa shape index (κ1) is 14.0. The minimum absolute atomic E-state index is 0.00915. The van der Waals surface area contributed by atoms with E-state index < -0.39 is 10.0 Å². The second kappa shape index (κ2) is 5.13. The normalized spacial score (nSPS) is 12.2. The monoisotopic (exact) mass is 326 g/mol. The summed E-state index contributed by atoms with van der Waals surface area (Å²) in [6.07, 6.45) is 3.86. The van der Waals surface area contributed by atoms with Crippen LogP contribution in [-0.4, -0.2) is 34.1 Å². The van der Waals surface area contributed by atoms with Gasteiger partial charge in [-0.3, -0.25) is 9.08 Å². The van der Waals surface area contributed by atoms with Crippen molar-refractivity contribution in [2.45, 2.75) is 11.4 Å². The van der Waals surface area contributed by atoms with Gasteiger partial charge in [0.15, 0.2) is 15.8 Å². The molecule has 0 radical (unpaired) electrons. The van der Waals surface area contributed by atoms with E-state index in [1.807, 2.05) is 13.1 Å². The van der Waals surface area contributed by atoms with E-state index in [0.717, 1.165) is 5.69 Å². The van der Waals surface area contributed by atoms with Gasteiger partial charge < -0.3 is 5.73 Å². The van der Waals surface area contributed by atoms with E-state index >= 15 is 0 Å². The fourth-order valence-electron chi connectivity index (χ4n) is 2.08. The number of imidazole rings is 1. The Morgan fingerprint density at radius 2 is 2.29 bits per heavy atom. The highest BCUT2D eigenvalue weighted by Crippen LogP contribution is 2.22. The third-order valence-corrected chi connectivity index (χ3v) is 5.35. The third kappa shape index (κ3) is 2.52. The lowest BCUT2D eigenvalue weighted by Gasteiger charge is -2.06. The van der Waals surface area contributed by atoms with E-state index in [-0.39, 0.29) is 17.4 Å². The third-order valence-electron chi connectivity index (χ3n) is 3.09. The Labute approximate surface area is 125 Å². The van der Waals surface area contributed by atoms with E-state index in [2.05, 4.69) is 14.8 Å². The first-order valence-corrected chi connectivity index (χ1v) is 8.53. The zero-order valence-corrected chi connectivity index (χ0v) is 12.9. The number of aromatic nitrogens is 4. The first-order chi connectivity index (χ1) is 9.99. The molecular formula is C11H14N6O2S2. The smallest absolute Gasteiger partial charge is 0.260 e. The zero-order valence-electron chi connectivity index (χ0n) is 11.2. The molecule has 3 N–H and O–H groups in total. The summed E-state index contributed by atoms with van der Waals surface area (Å²) in [5, 5.41) is 5.79. The highest BCUT2D eigenvalue weighted by Gasteiger charge is 2.24. The van der Waals surface area contributed by atoms with Gasteiger partial charge in [-0.2, -0.15) is 5.10 Å². The maximum Gasteiger partial charge on any atom is 0.260 e. The molecule has 10 heteroatoms. The van der Waals surface area contributed by atoms with Crippen molar-refractivity contribution in [3.8, 4) is 0 Å². The molecule has 3 aromatic heterocycles. The molecule has 0 atom stereocenters. The summed E-state index contributed by atoms with van der Waals surface area (Å²) in [7, 11) is -1.89. The maximum absolute atomic E-state index is 12.4. The van der Waals surface area contributed by atoms with Gasteiger partial charge in [-0.15, -0.1) is 11.3 Å². The molecule has 112 valence electrons. The molecule has 0 aromatic carbocycles. The lowest BCUT2D eigenvalue weighted by Crippen LogP contribution is -2.28. The topological polar surface area (TPSA) is 107 Å². The molecule has 8 nitrogen and oxygen atoms in total. The number of sulfonamides is 1. The van der Waals surface area contributed by atoms with E-state index in [4.69, 9.17) is 5.73 Å².